The first-order valence-electron chi connectivity index (χ1n) is 9.61. The van der Waals surface area contributed by atoms with Crippen LogP contribution in [-0.4, -0.2) is 77.7 Å². The van der Waals surface area contributed by atoms with Crippen molar-refractivity contribution in [1.29, 1.82) is 0 Å². The minimum atomic E-state index is -1.66. The molecule has 0 amide bonds. The van der Waals surface area contributed by atoms with E-state index in [1.54, 1.807) is 0 Å². The molecule has 2 aliphatic carbocycles. The summed E-state index contributed by atoms with van der Waals surface area (Å²) < 4.78 is 0. The first-order chi connectivity index (χ1) is 14.5. The molecular formula is C20H25BO10. The average Bonchev–Trinajstić information content (AvgIpc) is 2.83. The van der Waals surface area contributed by atoms with Crippen LogP contribution in [0, 0.1) is 5.92 Å². The number of hydrogen-bond acceptors (Lipinski definition) is 10. The summed E-state index contributed by atoms with van der Waals surface area (Å²) in [6.07, 6.45) is -4.88. The molecule has 0 radical (unpaired) electrons. The Morgan fingerprint density at radius 1 is 0.968 bits per heavy atom. The Kier molecular flexibility index (Phi) is 6.00. The molecule has 3 unspecified atom stereocenters. The third kappa shape index (κ3) is 3.25. The first kappa shape index (κ1) is 23.0. The maximum absolute atomic E-state index is 10.9. The predicted octanol–water partition coefficient (Wildman–Crippen LogP) is -2.04. The lowest BCUT2D eigenvalue weighted by atomic mass is 9.73. The van der Waals surface area contributed by atoms with Crippen molar-refractivity contribution < 1.29 is 51.1 Å². The van der Waals surface area contributed by atoms with Crippen LogP contribution in [0.2, 0.25) is 0 Å². The van der Waals surface area contributed by atoms with Crippen LogP contribution in [0.15, 0.2) is 11.5 Å². The Bertz CT molecular complexity index is 1120. The summed E-state index contributed by atoms with van der Waals surface area (Å²) >= 11 is 0. The predicted molar refractivity (Wildman–Crippen MR) is 112 cm³/mol. The van der Waals surface area contributed by atoms with Crippen molar-refractivity contribution in [3.05, 3.63) is 44.2 Å². The van der Waals surface area contributed by atoms with Gasteiger partial charge in [0.1, 0.15) is 26.3 Å². The summed E-state index contributed by atoms with van der Waals surface area (Å²) in [5.41, 5.74) is -0.846. The summed E-state index contributed by atoms with van der Waals surface area (Å²) in [4.78, 5) is 0. The minimum absolute atomic E-state index is 0.0221. The van der Waals surface area contributed by atoms with E-state index in [0.29, 0.717) is 0 Å². The van der Waals surface area contributed by atoms with Gasteiger partial charge in [-0.05, 0) is 5.22 Å². The fourth-order valence-corrected chi connectivity index (χ4v) is 4.35. The van der Waals surface area contributed by atoms with Crippen molar-refractivity contribution in [3.63, 3.8) is 0 Å². The van der Waals surface area contributed by atoms with Crippen molar-refractivity contribution in [2.75, 3.05) is 6.61 Å². The second-order valence-corrected chi connectivity index (χ2v) is 7.81. The number of aliphatic hydroxyl groups excluding tert-OH is 10. The molecule has 31 heavy (non-hydrogen) atoms. The van der Waals surface area contributed by atoms with Crippen LogP contribution >= 0.6 is 0 Å². The molecule has 3 rings (SSSR count). The Morgan fingerprint density at radius 2 is 1.58 bits per heavy atom. The highest BCUT2D eigenvalue weighted by Crippen LogP contribution is 2.37. The van der Waals surface area contributed by atoms with Gasteiger partial charge in [0.05, 0.1) is 18.8 Å². The van der Waals surface area contributed by atoms with E-state index in [0.717, 1.165) is 0 Å². The third-order valence-electron chi connectivity index (χ3n) is 6.03. The molecule has 1 aromatic rings. The largest absolute Gasteiger partial charge is 0.511 e. The standard InChI is InChI=1S/C20H25BO10/c1-5-16(27)14-12-7(24)2-8(25)19(30)20(31)10(12)6(3-22)11(18(29)9(26)4-23)13(14)15(21)17(5)28/h5,7-8,17,22-31H,2-4,21H2,1H3/b18-9-/t5-,7?,8?,17?/m1/s1. The second-order valence-electron chi connectivity index (χ2n) is 7.81. The highest BCUT2D eigenvalue weighted by molar-refractivity contribution is 6.39. The highest BCUT2D eigenvalue weighted by Gasteiger charge is 2.37. The summed E-state index contributed by atoms with van der Waals surface area (Å²) in [6, 6.07) is 0. The molecule has 4 atom stereocenters. The lowest BCUT2D eigenvalue weighted by molar-refractivity contribution is 0.0763. The molecule has 0 bridgehead atoms. The third-order valence-corrected chi connectivity index (χ3v) is 6.03. The van der Waals surface area contributed by atoms with Crippen LogP contribution < -0.4 is 10.4 Å². The van der Waals surface area contributed by atoms with Gasteiger partial charge in [-0.15, -0.1) is 0 Å². The summed E-state index contributed by atoms with van der Waals surface area (Å²) in [5, 5.41) is 103. The first-order valence-corrected chi connectivity index (χ1v) is 9.61. The number of aliphatic hydroxyl groups is 10. The number of rotatable bonds is 3. The number of hydrogen-bond donors (Lipinski definition) is 10. The van der Waals surface area contributed by atoms with Gasteiger partial charge in [-0.25, -0.2) is 0 Å². The quantitative estimate of drug-likeness (QED) is 0.186. The van der Waals surface area contributed by atoms with Crippen LogP contribution in [-0.2, 0) is 6.61 Å². The van der Waals surface area contributed by atoms with Gasteiger partial charge in [0.25, 0.3) is 0 Å². The summed E-state index contributed by atoms with van der Waals surface area (Å²) in [6.45, 7) is -0.358. The fraction of sp³-hybridized carbons (Fsp3) is 0.400. The Morgan fingerprint density at radius 3 is 2.13 bits per heavy atom. The van der Waals surface area contributed by atoms with Gasteiger partial charge < -0.3 is 51.1 Å². The maximum atomic E-state index is 10.9. The normalized spacial score (nSPS) is 26.9. The molecule has 1 aromatic carbocycles. The molecule has 0 saturated carbocycles. The molecular weight excluding hydrogens is 411 g/mol. The maximum Gasteiger partial charge on any atom is 0.164 e. The lowest BCUT2D eigenvalue weighted by Gasteiger charge is -2.29. The molecule has 10 nitrogen and oxygen atoms in total. The van der Waals surface area contributed by atoms with Crippen molar-refractivity contribution >= 4 is 30.6 Å². The SMILES string of the molecule is BC1=c2c(/C(O)=C(/O)CO)c(CO)c3c(c2=C(O)[C@@H](C)C1O)C(O)CC(O)C(O)=C3O. The number of benzene rings is 1. The molecule has 0 aromatic heterocycles. The van der Waals surface area contributed by atoms with E-state index >= 15 is 0 Å². The van der Waals surface area contributed by atoms with Gasteiger partial charge in [-0.2, -0.15) is 0 Å². The Balaban J connectivity index is 2.78. The molecule has 0 aliphatic heterocycles. The van der Waals surface area contributed by atoms with E-state index < -0.39 is 72.7 Å². The summed E-state index contributed by atoms with van der Waals surface area (Å²) in [5.74, 6) is -4.84. The Labute approximate surface area is 177 Å². The van der Waals surface area contributed by atoms with Crippen LogP contribution in [0.25, 0.3) is 22.7 Å². The lowest BCUT2D eigenvalue weighted by Crippen LogP contribution is -2.47. The van der Waals surface area contributed by atoms with Crippen molar-refractivity contribution in [2.45, 2.75) is 38.3 Å². The van der Waals surface area contributed by atoms with E-state index in [1.165, 1.54) is 14.8 Å². The van der Waals surface area contributed by atoms with Crippen LogP contribution in [0.1, 0.15) is 41.7 Å². The smallest absolute Gasteiger partial charge is 0.164 e. The van der Waals surface area contributed by atoms with Crippen LogP contribution in [0.5, 0.6) is 0 Å². The zero-order chi connectivity index (χ0) is 23.4. The van der Waals surface area contributed by atoms with Crippen molar-refractivity contribution in [2.24, 2.45) is 5.92 Å². The van der Waals surface area contributed by atoms with E-state index in [2.05, 4.69) is 0 Å². The molecule has 168 valence electrons. The van der Waals surface area contributed by atoms with Crippen LogP contribution in [0.4, 0.5) is 0 Å². The minimum Gasteiger partial charge on any atom is -0.511 e. The number of fused-ring (bicyclic) bond motifs is 3. The molecule has 2 aliphatic rings. The molecule has 11 heteroatoms. The van der Waals surface area contributed by atoms with Gasteiger partial charge in [0, 0.05) is 39.8 Å². The van der Waals surface area contributed by atoms with Gasteiger partial charge in [-0.3, -0.25) is 0 Å². The molecule has 0 fully saturated rings. The van der Waals surface area contributed by atoms with E-state index in [9.17, 15) is 51.1 Å². The molecule has 0 saturated heterocycles. The fourth-order valence-electron chi connectivity index (χ4n) is 4.35. The monoisotopic (exact) mass is 436 g/mol. The van der Waals surface area contributed by atoms with E-state index in [1.807, 2.05) is 0 Å². The zero-order valence-corrected chi connectivity index (χ0v) is 16.9. The van der Waals surface area contributed by atoms with Gasteiger partial charge in [0.15, 0.2) is 23.0 Å². The second kappa shape index (κ2) is 8.10. The van der Waals surface area contributed by atoms with Crippen LogP contribution in [0.3, 0.4) is 0 Å². The van der Waals surface area contributed by atoms with Crippen molar-refractivity contribution in [3.8, 4) is 0 Å². The van der Waals surface area contributed by atoms with E-state index in [-0.39, 0.29) is 38.2 Å². The van der Waals surface area contributed by atoms with Gasteiger partial charge in [0.2, 0.25) is 0 Å². The molecule has 0 spiro atoms. The van der Waals surface area contributed by atoms with Gasteiger partial charge in [-0.1, -0.05) is 12.4 Å². The van der Waals surface area contributed by atoms with Crippen molar-refractivity contribution in [1.82, 2.24) is 0 Å². The Hall–Kier alpha value is -2.70. The summed E-state index contributed by atoms with van der Waals surface area (Å²) in [7, 11) is 1.48. The topological polar surface area (TPSA) is 202 Å². The van der Waals surface area contributed by atoms with Gasteiger partial charge >= 0.3 is 0 Å². The highest BCUT2D eigenvalue weighted by atomic mass is 16.3. The molecule has 10 N–H and O–H groups in total. The zero-order valence-electron chi connectivity index (χ0n) is 16.9. The van der Waals surface area contributed by atoms with E-state index in [4.69, 9.17) is 0 Å². The average molecular weight is 436 g/mol. The molecule has 0 heterocycles.